The highest BCUT2D eigenvalue weighted by molar-refractivity contribution is 5.96. The van der Waals surface area contributed by atoms with Gasteiger partial charge < -0.3 is 4.74 Å². The minimum atomic E-state index is -0.246. The third-order valence-corrected chi connectivity index (χ3v) is 5.22. The molecule has 0 aromatic carbocycles. The van der Waals surface area contributed by atoms with Crippen LogP contribution in [0, 0.1) is 17.8 Å². The summed E-state index contributed by atoms with van der Waals surface area (Å²) in [6.45, 7) is 2.10. The second-order valence-electron chi connectivity index (χ2n) is 6.28. The van der Waals surface area contributed by atoms with E-state index in [2.05, 4.69) is 6.92 Å². The van der Waals surface area contributed by atoms with Crippen molar-refractivity contribution in [2.45, 2.75) is 57.5 Å². The first kappa shape index (κ1) is 12.9. The Morgan fingerprint density at radius 1 is 1.32 bits per heavy atom. The van der Waals surface area contributed by atoms with E-state index >= 15 is 0 Å². The number of ketones is 1. The van der Waals surface area contributed by atoms with Gasteiger partial charge in [-0.05, 0) is 38.5 Å². The average molecular weight is 262 g/mol. The molecular weight excluding hydrogens is 240 g/mol. The third-order valence-electron chi connectivity index (χ3n) is 5.22. The Bertz CT molecular complexity index is 418. The number of Topliss-reactive ketones (excluding diaryl/α,β-unsaturated/α-hetero) is 1. The van der Waals surface area contributed by atoms with E-state index in [0.717, 1.165) is 32.1 Å². The molecule has 104 valence electrons. The van der Waals surface area contributed by atoms with Crippen molar-refractivity contribution in [2.75, 3.05) is 0 Å². The summed E-state index contributed by atoms with van der Waals surface area (Å²) in [5.41, 5.74) is -0.246. The summed E-state index contributed by atoms with van der Waals surface area (Å²) >= 11 is 0. The number of ether oxygens (including phenoxy) is 1. The number of carbonyl (C=O) groups is 2. The SMILES string of the molecule is CCC1(OC(=O)C2CC3C=CC2C3=O)CCCCC1. The Kier molecular flexibility index (Phi) is 3.23. The standard InChI is InChI=1S/C16H22O3/c1-2-16(8-4-3-5-9-16)19-15(18)13-10-11-6-7-12(13)14(11)17/h6-7,11-13H,2-5,8-10H2,1H3. The van der Waals surface area contributed by atoms with E-state index in [1.54, 1.807) is 0 Å². The number of hydrogen-bond acceptors (Lipinski definition) is 3. The van der Waals surface area contributed by atoms with Crippen molar-refractivity contribution in [1.82, 2.24) is 0 Å². The van der Waals surface area contributed by atoms with Gasteiger partial charge in [0, 0.05) is 11.8 Å². The lowest BCUT2D eigenvalue weighted by Crippen LogP contribution is -2.39. The maximum atomic E-state index is 12.4. The Labute approximate surface area is 114 Å². The molecule has 3 rings (SSSR count). The fraction of sp³-hybridized carbons (Fsp3) is 0.750. The zero-order valence-electron chi connectivity index (χ0n) is 11.6. The molecule has 0 amide bonds. The quantitative estimate of drug-likeness (QED) is 0.580. The van der Waals surface area contributed by atoms with E-state index in [1.165, 1.54) is 6.42 Å². The summed E-state index contributed by atoms with van der Waals surface area (Å²) in [4.78, 5) is 24.3. The van der Waals surface area contributed by atoms with Crippen molar-refractivity contribution in [3.8, 4) is 0 Å². The van der Waals surface area contributed by atoms with E-state index in [-0.39, 0.29) is 35.1 Å². The van der Waals surface area contributed by atoms with Crippen molar-refractivity contribution < 1.29 is 14.3 Å². The molecule has 0 heterocycles. The van der Waals surface area contributed by atoms with Crippen molar-refractivity contribution in [3.05, 3.63) is 12.2 Å². The van der Waals surface area contributed by atoms with E-state index in [1.807, 2.05) is 12.2 Å². The second-order valence-corrected chi connectivity index (χ2v) is 6.28. The molecule has 0 spiro atoms. The first-order valence-corrected chi connectivity index (χ1v) is 7.60. The molecule has 2 bridgehead atoms. The molecular formula is C16H22O3. The largest absolute Gasteiger partial charge is 0.459 e. The fourth-order valence-electron chi connectivity index (χ4n) is 3.89. The van der Waals surface area contributed by atoms with E-state index in [9.17, 15) is 9.59 Å². The molecule has 2 saturated carbocycles. The summed E-state index contributed by atoms with van der Waals surface area (Å²) in [5, 5.41) is 0. The van der Waals surface area contributed by atoms with Gasteiger partial charge >= 0.3 is 5.97 Å². The van der Waals surface area contributed by atoms with Gasteiger partial charge in [-0.2, -0.15) is 0 Å². The maximum Gasteiger partial charge on any atom is 0.310 e. The molecule has 3 aliphatic carbocycles. The monoisotopic (exact) mass is 262 g/mol. The third kappa shape index (κ3) is 2.13. The van der Waals surface area contributed by atoms with E-state index in [0.29, 0.717) is 6.42 Å². The van der Waals surface area contributed by atoms with Crippen LogP contribution in [0.2, 0.25) is 0 Å². The summed E-state index contributed by atoms with van der Waals surface area (Å²) in [5.74, 6) is -0.348. The summed E-state index contributed by atoms with van der Waals surface area (Å²) < 4.78 is 5.89. The topological polar surface area (TPSA) is 43.4 Å². The summed E-state index contributed by atoms with van der Waals surface area (Å²) in [6.07, 6.45) is 10.9. The molecule has 0 aliphatic heterocycles. The lowest BCUT2D eigenvalue weighted by molar-refractivity contribution is -0.170. The molecule has 0 saturated heterocycles. The number of allylic oxidation sites excluding steroid dienone is 2. The number of rotatable bonds is 3. The van der Waals surface area contributed by atoms with Crippen LogP contribution in [0.25, 0.3) is 0 Å². The van der Waals surface area contributed by atoms with Crippen LogP contribution < -0.4 is 0 Å². The van der Waals surface area contributed by atoms with Gasteiger partial charge in [-0.25, -0.2) is 0 Å². The average Bonchev–Trinajstić information content (AvgIpc) is 2.95. The second kappa shape index (κ2) is 4.77. The highest BCUT2D eigenvalue weighted by Gasteiger charge is 2.49. The number of fused-ring (bicyclic) bond motifs is 2. The van der Waals surface area contributed by atoms with Crippen LogP contribution in [0.15, 0.2) is 12.2 Å². The van der Waals surface area contributed by atoms with Crippen molar-refractivity contribution in [3.63, 3.8) is 0 Å². The van der Waals surface area contributed by atoms with E-state index in [4.69, 9.17) is 4.74 Å². The number of hydrogen-bond donors (Lipinski definition) is 0. The number of esters is 1. The van der Waals surface area contributed by atoms with Crippen LogP contribution in [0.4, 0.5) is 0 Å². The van der Waals surface area contributed by atoms with Crippen LogP contribution >= 0.6 is 0 Å². The molecule has 0 aromatic rings. The molecule has 3 aliphatic rings. The van der Waals surface area contributed by atoms with Gasteiger partial charge in [0.1, 0.15) is 11.4 Å². The molecule has 0 aromatic heterocycles. The van der Waals surface area contributed by atoms with Crippen molar-refractivity contribution in [2.24, 2.45) is 17.8 Å². The minimum Gasteiger partial charge on any atom is -0.459 e. The van der Waals surface area contributed by atoms with Crippen LogP contribution in [0.3, 0.4) is 0 Å². The molecule has 2 fully saturated rings. The maximum absolute atomic E-state index is 12.4. The zero-order chi connectivity index (χ0) is 13.5. The predicted octanol–water partition coefficient (Wildman–Crippen LogP) is 3.03. The molecule has 0 N–H and O–H groups in total. The van der Waals surface area contributed by atoms with Crippen LogP contribution in [-0.2, 0) is 14.3 Å². The molecule has 3 atom stereocenters. The molecule has 19 heavy (non-hydrogen) atoms. The van der Waals surface area contributed by atoms with Crippen LogP contribution in [-0.4, -0.2) is 17.4 Å². The van der Waals surface area contributed by atoms with Gasteiger partial charge in [0.05, 0.1) is 5.92 Å². The van der Waals surface area contributed by atoms with Crippen LogP contribution in [0.1, 0.15) is 51.9 Å². The molecule has 3 unspecified atom stereocenters. The first-order valence-electron chi connectivity index (χ1n) is 7.60. The van der Waals surface area contributed by atoms with Crippen molar-refractivity contribution >= 4 is 11.8 Å². The van der Waals surface area contributed by atoms with Crippen molar-refractivity contribution in [1.29, 1.82) is 0 Å². The van der Waals surface area contributed by atoms with Gasteiger partial charge in [-0.3, -0.25) is 9.59 Å². The predicted molar refractivity (Wildman–Crippen MR) is 71.4 cm³/mol. The number of carbonyl (C=O) groups excluding carboxylic acids is 2. The Morgan fingerprint density at radius 3 is 2.58 bits per heavy atom. The molecule has 3 nitrogen and oxygen atoms in total. The Morgan fingerprint density at radius 2 is 2.05 bits per heavy atom. The minimum absolute atomic E-state index is 0.0218. The Hall–Kier alpha value is -1.12. The molecule has 3 heteroatoms. The van der Waals surface area contributed by atoms with Gasteiger partial charge in [0.15, 0.2) is 0 Å². The summed E-state index contributed by atoms with van der Waals surface area (Å²) in [6, 6.07) is 0. The van der Waals surface area contributed by atoms with Crippen LogP contribution in [0.5, 0.6) is 0 Å². The lowest BCUT2D eigenvalue weighted by atomic mass is 9.82. The normalized spacial score (nSPS) is 35.6. The van der Waals surface area contributed by atoms with Gasteiger partial charge in [-0.1, -0.05) is 25.5 Å². The van der Waals surface area contributed by atoms with Gasteiger partial charge in [0.2, 0.25) is 0 Å². The Balaban J connectivity index is 1.68. The smallest absolute Gasteiger partial charge is 0.310 e. The zero-order valence-corrected chi connectivity index (χ0v) is 11.6. The van der Waals surface area contributed by atoms with Gasteiger partial charge in [-0.15, -0.1) is 0 Å². The highest BCUT2D eigenvalue weighted by Crippen LogP contribution is 2.43. The fourth-order valence-corrected chi connectivity index (χ4v) is 3.89. The summed E-state index contributed by atoms with van der Waals surface area (Å²) in [7, 11) is 0. The lowest BCUT2D eigenvalue weighted by Gasteiger charge is -2.37. The first-order chi connectivity index (χ1) is 9.15. The highest BCUT2D eigenvalue weighted by atomic mass is 16.6. The van der Waals surface area contributed by atoms with Gasteiger partial charge in [0.25, 0.3) is 0 Å². The molecule has 0 radical (unpaired) electrons. The van der Waals surface area contributed by atoms with E-state index < -0.39 is 0 Å².